The number of halogens is 2. The number of benzene rings is 1. The van der Waals surface area contributed by atoms with Gasteiger partial charge >= 0.3 is 6.61 Å². The van der Waals surface area contributed by atoms with E-state index in [4.69, 9.17) is 4.74 Å². The molecule has 100 valence electrons. The highest BCUT2D eigenvalue weighted by Gasteiger charge is 2.36. The molecule has 3 nitrogen and oxygen atoms in total. The van der Waals surface area contributed by atoms with Crippen LogP contribution in [0.4, 0.5) is 8.78 Å². The molecular weight excluding hydrogens is 240 g/mol. The summed E-state index contributed by atoms with van der Waals surface area (Å²) in [4.78, 5) is 0. The van der Waals surface area contributed by atoms with Crippen molar-refractivity contribution in [2.75, 3.05) is 7.11 Å². The molecule has 18 heavy (non-hydrogen) atoms. The van der Waals surface area contributed by atoms with Crippen LogP contribution in [-0.4, -0.2) is 19.3 Å². The third-order valence-corrected chi connectivity index (χ3v) is 3.16. The Morgan fingerprint density at radius 2 is 2.06 bits per heavy atom. The van der Waals surface area contributed by atoms with Gasteiger partial charge in [0.2, 0.25) is 0 Å². The zero-order valence-electron chi connectivity index (χ0n) is 10.5. The van der Waals surface area contributed by atoms with E-state index in [0.29, 0.717) is 12.3 Å². The van der Waals surface area contributed by atoms with E-state index in [1.807, 2.05) is 6.07 Å². The van der Waals surface area contributed by atoms with E-state index < -0.39 is 6.61 Å². The van der Waals surface area contributed by atoms with Crippen molar-refractivity contribution in [3.8, 4) is 11.5 Å². The largest absolute Gasteiger partial charge is 0.493 e. The lowest BCUT2D eigenvalue weighted by Gasteiger charge is -2.14. The van der Waals surface area contributed by atoms with Crippen molar-refractivity contribution >= 4 is 0 Å². The van der Waals surface area contributed by atoms with Crippen molar-refractivity contribution in [2.45, 2.75) is 38.5 Å². The fraction of sp³-hybridized carbons (Fsp3) is 0.538. The molecule has 1 N–H and O–H groups in total. The van der Waals surface area contributed by atoms with E-state index in [0.717, 1.165) is 18.4 Å². The van der Waals surface area contributed by atoms with Gasteiger partial charge in [-0.25, -0.2) is 0 Å². The molecule has 0 radical (unpaired) electrons. The Bertz CT molecular complexity index is 419. The third kappa shape index (κ3) is 3.32. The summed E-state index contributed by atoms with van der Waals surface area (Å²) in [5.41, 5.74) is 1.11. The van der Waals surface area contributed by atoms with Crippen LogP contribution >= 0.6 is 0 Å². The molecule has 1 fully saturated rings. The molecule has 0 heterocycles. The summed E-state index contributed by atoms with van der Waals surface area (Å²) in [7, 11) is 1.43. The molecule has 1 aromatic rings. The molecule has 0 unspecified atom stereocenters. The van der Waals surface area contributed by atoms with Crippen molar-refractivity contribution in [2.24, 2.45) is 0 Å². The molecule has 0 aromatic heterocycles. The van der Waals surface area contributed by atoms with Crippen LogP contribution in [0.15, 0.2) is 18.2 Å². The second kappa shape index (κ2) is 5.10. The molecule has 0 spiro atoms. The van der Waals surface area contributed by atoms with Crippen molar-refractivity contribution in [3.05, 3.63) is 23.8 Å². The summed E-state index contributed by atoms with van der Waals surface area (Å²) >= 11 is 0. The van der Waals surface area contributed by atoms with Crippen LogP contribution in [-0.2, 0) is 6.54 Å². The molecule has 1 aliphatic rings. The van der Waals surface area contributed by atoms with E-state index in [9.17, 15) is 8.78 Å². The summed E-state index contributed by atoms with van der Waals surface area (Å²) in [6, 6.07) is 5.07. The third-order valence-electron chi connectivity index (χ3n) is 3.16. The lowest BCUT2D eigenvalue weighted by atomic mass is 10.2. The quantitative estimate of drug-likeness (QED) is 0.850. The number of methoxy groups -OCH3 is 1. The number of nitrogens with one attached hydrogen (secondary N) is 1. The van der Waals surface area contributed by atoms with Crippen LogP contribution in [0.1, 0.15) is 25.3 Å². The molecule has 0 atom stereocenters. The van der Waals surface area contributed by atoms with Crippen LogP contribution in [0.5, 0.6) is 11.5 Å². The van der Waals surface area contributed by atoms with Gasteiger partial charge in [0.1, 0.15) is 0 Å². The Balaban J connectivity index is 2.06. The number of alkyl halides is 2. The minimum atomic E-state index is -2.84. The maximum atomic E-state index is 12.3. The first kappa shape index (κ1) is 13.1. The average Bonchev–Trinajstić information content (AvgIpc) is 3.05. The molecule has 1 aromatic carbocycles. The number of hydrogen-bond acceptors (Lipinski definition) is 3. The Labute approximate surface area is 105 Å². The molecule has 0 saturated heterocycles. The molecule has 2 rings (SSSR count). The predicted octanol–water partition coefficient (Wildman–Crippen LogP) is 2.94. The van der Waals surface area contributed by atoms with Crippen molar-refractivity contribution < 1.29 is 18.3 Å². The smallest absolute Gasteiger partial charge is 0.387 e. The predicted molar refractivity (Wildman–Crippen MR) is 64.1 cm³/mol. The van der Waals surface area contributed by atoms with Gasteiger partial charge < -0.3 is 14.8 Å². The van der Waals surface area contributed by atoms with E-state index in [1.54, 1.807) is 12.1 Å². The Kier molecular flexibility index (Phi) is 3.71. The van der Waals surface area contributed by atoms with Crippen LogP contribution in [0.2, 0.25) is 0 Å². The summed E-state index contributed by atoms with van der Waals surface area (Å²) in [5.74, 6) is 0.393. The van der Waals surface area contributed by atoms with Crippen molar-refractivity contribution in [3.63, 3.8) is 0 Å². The van der Waals surface area contributed by atoms with Gasteiger partial charge in [-0.3, -0.25) is 0 Å². The fourth-order valence-electron chi connectivity index (χ4n) is 1.70. The molecular formula is C13H17F2NO2. The SMILES string of the molecule is COc1ccc(CNC2(C)CC2)cc1OC(F)F. The first-order chi connectivity index (χ1) is 8.52. The van der Waals surface area contributed by atoms with Gasteiger partial charge in [-0.05, 0) is 37.5 Å². The molecule has 0 aliphatic heterocycles. The first-order valence-corrected chi connectivity index (χ1v) is 5.89. The van der Waals surface area contributed by atoms with Gasteiger partial charge in [-0.15, -0.1) is 0 Å². The average molecular weight is 257 g/mol. The number of ether oxygens (including phenoxy) is 2. The Morgan fingerprint density at radius 1 is 1.33 bits per heavy atom. The molecule has 0 bridgehead atoms. The zero-order chi connectivity index (χ0) is 13.2. The van der Waals surface area contributed by atoms with Gasteiger partial charge in [0.05, 0.1) is 7.11 Å². The summed E-state index contributed by atoms with van der Waals surface area (Å²) in [6.45, 7) is -0.0595. The maximum absolute atomic E-state index is 12.3. The summed E-state index contributed by atoms with van der Waals surface area (Å²) in [5, 5.41) is 3.38. The van der Waals surface area contributed by atoms with Crippen LogP contribution in [0.25, 0.3) is 0 Å². The molecule has 1 saturated carbocycles. The minimum Gasteiger partial charge on any atom is -0.493 e. The normalized spacial score (nSPS) is 16.7. The number of rotatable bonds is 6. The monoisotopic (exact) mass is 257 g/mol. The fourth-order valence-corrected chi connectivity index (χ4v) is 1.70. The van der Waals surface area contributed by atoms with Gasteiger partial charge in [0, 0.05) is 12.1 Å². The summed E-state index contributed by atoms with van der Waals surface area (Å²) < 4.78 is 33.9. The second-order valence-electron chi connectivity index (χ2n) is 4.78. The minimum absolute atomic E-state index is 0.0766. The van der Waals surface area contributed by atoms with Gasteiger partial charge in [-0.2, -0.15) is 8.78 Å². The standard InChI is InChI=1S/C13H17F2NO2/c1-13(5-6-13)16-8-9-3-4-10(17-2)11(7-9)18-12(14)15/h3-4,7,12,16H,5-6,8H2,1-2H3. The maximum Gasteiger partial charge on any atom is 0.387 e. The highest BCUT2D eigenvalue weighted by atomic mass is 19.3. The van der Waals surface area contributed by atoms with Crippen LogP contribution in [0.3, 0.4) is 0 Å². The summed E-state index contributed by atoms with van der Waals surface area (Å²) in [6.07, 6.45) is 2.31. The Morgan fingerprint density at radius 3 is 2.61 bits per heavy atom. The van der Waals surface area contributed by atoms with E-state index in [2.05, 4.69) is 17.0 Å². The highest BCUT2D eigenvalue weighted by Crippen LogP contribution is 2.35. The van der Waals surface area contributed by atoms with Crippen LogP contribution < -0.4 is 14.8 Å². The van der Waals surface area contributed by atoms with Crippen molar-refractivity contribution in [1.29, 1.82) is 0 Å². The van der Waals surface area contributed by atoms with Gasteiger partial charge in [0.15, 0.2) is 11.5 Å². The molecule has 1 aliphatic carbocycles. The first-order valence-electron chi connectivity index (χ1n) is 5.89. The molecule has 0 amide bonds. The van der Waals surface area contributed by atoms with Crippen molar-refractivity contribution in [1.82, 2.24) is 5.32 Å². The van der Waals surface area contributed by atoms with E-state index >= 15 is 0 Å². The van der Waals surface area contributed by atoms with Crippen LogP contribution in [0, 0.1) is 0 Å². The number of hydrogen-bond donors (Lipinski definition) is 1. The topological polar surface area (TPSA) is 30.5 Å². The molecule has 5 heteroatoms. The van der Waals surface area contributed by atoms with E-state index in [1.165, 1.54) is 7.11 Å². The van der Waals surface area contributed by atoms with Gasteiger partial charge in [-0.1, -0.05) is 6.07 Å². The lowest BCUT2D eigenvalue weighted by molar-refractivity contribution is -0.0512. The van der Waals surface area contributed by atoms with E-state index in [-0.39, 0.29) is 11.3 Å². The highest BCUT2D eigenvalue weighted by molar-refractivity contribution is 5.43. The Hall–Kier alpha value is -1.36. The second-order valence-corrected chi connectivity index (χ2v) is 4.78. The van der Waals surface area contributed by atoms with Gasteiger partial charge in [0.25, 0.3) is 0 Å². The zero-order valence-corrected chi connectivity index (χ0v) is 10.5. The lowest BCUT2D eigenvalue weighted by Crippen LogP contribution is -2.26.